The Morgan fingerprint density at radius 1 is 0.917 bits per heavy atom. The molecule has 9 nitrogen and oxygen atoms in total. The normalized spacial score (nSPS) is 21.6. The number of nitrogens with one attached hydrogen (secondary N) is 1. The zero-order valence-electron chi connectivity index (χ0n) is 18.4. The van der Waals surface area contributed by atoms with Crippen LogP contribution in [0.15, 0.2) is 82.5 Å². The van der Waals surface area contributed by atoms with E-state index in [2.05, 4.69) is 0 Å². The van der Waals surface area contributed by atoms with E-state index in [0.29, 0.717) is 4.57 Å². The van der Waals surface area contributed by atoms with Gasteiger partial charge in [0.15, 0.2) is 6.23 Å². The number of aromatic amines is 1. The monoisotopic (exact) mass is 504 g/mol. The summed E-state index contributed by atoms with van der Waals surface area (Å²) < 4.78 is 59.3. The van der Waals surface area contributed by atoms with Crippen LogP contribution in [0.3, 0.4) is 0 Å². The van der Waals surface area contributed by atoms with Gasteiger partial charge in [-0.2, -0.15) is 13.2 Å². The van der Waals surface area contributed by atoms with E-state index < -0.39 is 60.3 Å². The lowest BCUT2D eigenvalue weighted by molar-refractivity contribution is -0.211. The first-order chi connectivity index (χ1) is 17.1. The van der Waals surface area contributed by atoms with Crippen molar-refractivity contribution in [2.75, 3.05) is 6.61 Å². The second kappa shape index (κ2) is 10.2. The van der Waals surface area contributed by atoms with Crippen molar-refractivity contribution in [3.8, 4) is 0 Å². The maximum absolute atomic E-state index is 14.3. The van der Waals surface area contributed by atoms with Gasteiger partial charge in [0.05, 0.1) is 11.1 Å². The van der Waals surface area contributed by atoms with Gasteiger partial charge in [-0.15, -0.1) is 0 Å². The number of aromatic nitrogens is 2. The van der Waals surface area contributed by atoms with Crippen molar-refractivity contribution in [3.05, 3.63) is 105 Å². The Balaban J connectivity index is 1.67. The molecular formula is C24H19F3N2O7. The molecule has 0 radical (unpaired) electrons. The summed E-state index contributed by atoms with van der Waals surface area (Å²) in [6.45, 7) is -0.707. The maximum atomic E-state index is 14.3. The lowest BCUT2D eigenvalue weighted by Crippen LogP contribution is -2.44. The lowest BCUT2D eigenvalue weighted by atomic mass is 9.98. The summed E-state index contributed by atoms with van der Waals surface area (Å²) in [5.74, 6) is -4.41. The molecule has 12 heteroatoms. The minimum atomic E-state index is -5.01. The zero-order chi connectivity index (χ0) is 25.9. The van der Waals surface area contributed by atoms with Crippen LogP contribution >= 0.6 is 0 Å². The summed E-state index contributed by atoms with van der Waals surface area (Å²) in [6.07, 6.45) is -9.74. The maximum Gasteiger partial charge on any atom is 0.399 e. The summed E-state index contributed by atoms with van der Waals surface area (Å²) in [4.78, 5) is 50.6. The van der Waals surface area contributed by atoms with Crippen molar-refractivity contribution in [1.82, 2.24) is 9.55 Å². The van der Waals surface area contributed by atoms with Gasteiger partial charge in [-0.3, -0.25) is 14.3 Å². The SMILES string of the molecule is O=C(OC[C@H]1O[C@@H](n2ccc(=O)[nH]c2=O)[C@H](C(F)(F)F)[C@@H]1OC(=O)c1ccccc1)c1ccccc1. The third-order valence-corrected chi connectivity index (χ3v) is 5.49. The number of H-pyrrole nitrogens is 1. The van der Waals surface area contributed by atoms with E-state index in [0.717, 1.165) is 12.3 Å². The van der Waals surface area contributed by atoms with Crippen LogP contribution in [-0.4, -0.2) is 46.5 Å². The van der Waals surface area contributed by atoms with Gasteiger partial charge in [0.1, 0.15) is 24.7 Å². The number of benzene rings is 2. The summed E-state index contributed by atoms with van der Waals surface area (Å²) in [5, 5.41) is 0. The fourth-order valence-corrected chi connectivity index (χ4v) is 3.81. The summed E-state index contributed by atoms with van der Waals surface area (Å²) >= 11 is 0. The van der Waals surface area contributed by atoms with Gasteiger partial charge in [0, 0.05) is 12.3 Å². The predicted molar refractivity (Wildman–Crippen MR) is 117 cm³/mol. The number of alkyl halides is 3. The molecule has 1 aromatic heterocycles. The molecule has 0 unspecified atom stereocenters. The topological polar surface area (TPSA) is 117 Å². The molecule has 188 valence electrons. The molecule has 36 heavy (non-hydrogen) atoms. The van der Waals surface area contributed by atoms with Crippen molar-refractivity contribution in [2.24, 2.45) is 5.92 Å². The Morgan fingerprint density at radius 3 is 2.06 bits per heavy atom. The largest absolute Gasteiger partial charge is 0.459 e. The Bertz CT molecular complexity index is 1340. The van der Waals surface area contributed by atoms with Gasteiger partial charge in [-0.25, -0.2) is 14.4 Å². The highest BCUT2D eigenvalue weighted by atomic mass is 19.4. The van der Waals surface area contributed by atoms with Gasteiger partial charge >= 0.3 is 23.8 Å². The van der Waals surface area contributed by atoms with Crippen molar-refractivity contribution in [3.63, 3.8) is 0 Å². The molecule has 1 N–H and O–H groups in total. The smallest absolute Gasteiger partial charge is 0.399 e. The average molecular weight is 504 g/mol. The summed E-state index contributed by atoms with van der Waals surface area (Å²) in [5.41, 5.74) is -1.84. The summed E-state index contributed by atoms with van der Waals surface area (Å²) in [6, 6.07) is 15.9. The van der Waals surface area contributed by atoms with Crippen LogP contribution < -0.4 is 11.2 Å². The van der Waals surface area contributed by atoms with Crippen LogP contribution in [-0.2, 0) is 14.2 Å². The van der Waals surface area contributed by atoms with E-state index in [1.807, 2.05) is 4.98 Å². The minimum absolute atomic E-state index is 0.0110. The first kappa shape index (κ1) is 24.9. The highest BCUT2D eigenvalue weighted by molar-refractivity contribution is 5.90. The summed E-state index contributed by atoms with van der Waals surface area (Å²) in [7, 11) is 0. The second-order valence-electron chi connectivity index (χ2n) is 7.85. The molecule has 0 saturated carbocycles. The van der Waals surface area contributed by atoms with Crippen LogP contribution in [0.1, 0.15) is 26.9 Å². The number of hydrogen-bond acceptors (Lipinski definition) is 7. The number of carbonyl (C=O) groups is 2. The number of carbonyl (C=O) groups excluding carboxylic acids is 2. The molecule has 4 rings (SSSR count). The number of halogens is 3. The van der Waals surface area contributed by atoms with E-state index >= 15 is 0 Å². The van der Waals surface area contributed by atoms with Crippen molar-refractivity contribution in [2.45, 2.75) is 24.6 Å². The first-order valence-electron chi connectivity index (χ1n) is 10.7. The molecule has 3 aromatic rings. The fourth-order valence-electron chi connectivity index (χ4n) is 3.81. The van der Waals surface area contributed by atoms with Crippen LogP contribution in [0.2, 0.25) is 0 Å². The van der Waals surface area contributed by atoms with Crippen LogP contribution in [0.5, 0.6) is 0 Å². The molecule has 4 atom stereocenters. The van der Waals surface area contributed by atoms with Crippen molar-refractivity contribution >= 4 is 11.9 Å². The van der Waals surface area contributed by atoms with Crippen LogP contribution in [0.25, 0.3) is 0 Å². The fraction of sp³-hybridized carbons (Fsp3) is 0.250. The Labute approximate surface area is 201 Å². The Kier molecular flexibility index (Phi) is 7.06. The van der Waals surface area contributed by atoms with Crippen LogP contribution in [0, 0.1) is 5.92 Å². The molecule has 2 heterocycles. The molecular weight excluding hydrogens is 485 g/mol. The number of nitrogens with zero attached hydrogens (tertiary/aromatic N) is 1. The van der Waals surface area contributed by atoms with Gasteiger partial charge in [-0.05, 0) is 24.3 Å². The third kappa shape index (κ3) is 5.38. The molecule has 0 aliphatic carbocycles. The molecule has 1 saturated heterocycles. The molecule has 0 amide bonds. The van der Waals surface area contributed by atoms with Crippen molar-refractivity contribution in [1.29, 1.82) is 0 Å². The Hall–Kier alpha value is -4.19. The van der Waals surface area contributed by atoms with Gasteiger partial charge in [-0.1, -0.05) is 36.4 Å². The van der Waals surface area contributed by atoms with Crippen LogP contribution in [0.4, 0.5) is 13.2 Å². The van der Waals surface area contributed by atoms with E-state index in [4.69, 9.17) is 14.2 Å². The second-order valence-corrected chi connectivity index (χ2v) is 7.85. The minimum Gasteiger partial charge on any atom is -0.459 e. The van der Waals surface area contributed by atoms with E-state index in [1.165, 1.54) is 36.4 Å². The average Bonchev–Trinajstić information content (AvgIpc) is 3.21. The van der Waals surface area contributed by atoms with E-state index in [-0.39, 0.29) is 11.1 Å². The standard InChI is InChI=1S/C24H19F3N2O7/c25-24(26,27)18-19(36-22(32)15-9-5-2-6-10-15)16(13-34-21(31)14-7-3-1-4-8-14)35-20(18)29-12-11-17(30)28-23(29)33/h1-12,16,18-20H,13H2,(H,28,30,33)/t16-,18-,19-,20-/m1/s1. The predicted octanol–water partition coefficient (Wildman–Crippen LogP) is 2.70. The van der Waals surface area contributed by atoms with E-state index in [9.17, 15) is 32.3 Å². The number of esters is 2. The van der Waals surface area contributed by atoms with Gasteiger partial charge in [0.25, 0.3) is 5.56 Å². The molecule has 0 bridgehead atoms. The number of rotatable bonds is 6. The van der Waals surface area contributed by atoms with Crippen molar-refractivity contribution < 1.29 is 37.0 Å². The quantitative estimate of drug-likeness (QED) is 0.513. The molecule has 1 fully saturated rings. The Morgan fingerprint density at radius 2 is 1.50 bits per heavy atom. The zero-order valence-corrected chi connectivity index (χ0v) is 18.4. The number of hydrogen-bond donors (Lipinski definition) is 1. The molecule has 1 aliphatic heterocycles. The van der Waals surface area contributed by atoms with Gasteiger partial charge in [0.2, 0.25) is 0 Å². The highest BCUT2D eigenvalue weighted by Crippen LogP contribution is 2.46. The third-order valence-electron chi connectivity index (χ3n) is 5.49. The molecule has 2 aromatic carbocycles. The lowest BCUT2D eigenvalue weighted by Gasteiger charge is -2.26. The first-order valence-corrected chi connectivity index (χ1v) is 10.7. The highest BCUT2D eigenvalue weighted by Gasteiger charge is 2.61. The van der Waals surface area contributed by atoms with Gasteiger partial charge < -0.3 is 14.2 Å². The van der Waals surface area contributed by atoms with E-state index in [1.54, 1.807) is 24.3 Å². The molecule has 0 spiro atoms. The number of ether oxygens (including phenoxy) is 3. The molecule has 1 aliphatic rings.